The zero-order chi connectivity index (χ0) is 12.3. The molecule has 0 saturated carbocycles. The van der Waals surface area contributed by atoms with Crippen LogP contribution in [0.5, 0.6) is 0 Å². The van der Waals surface area contributed by atoms with E-state index in [1.165, 1.54) is 44.9 Å². The van der Waals surface area contributed by atoms with Gasteiger partial charge in [0.05, 0.1) is 0 Å². The van der Waals surface area contributed by atoms with Crippen LogP contribution in [0.25, 0.3) is 0 Å². The van der Waals surface area contributed by atoms with Gasteiger partial charge in [-0.1, -0.05) is 63.3 Å². The maximum absolute atomic E-state index is 10.4. The van der Waals surface area contributed by atoms with E-state index >= 15 is 0 Å². The molecule has 0 radical (unpaired) electrons. The minimum absolute atomic E-state index is 0.115. The molecule has 4 heteroatoms. The minimum atomic E-state index is -2.13. The number of hydroxylamine groups is 3. The van der Waals surface area contributed by atoms with Crippen molar-refractivity contribution in [2.75, 3.05) is 6.54 Å². The highest BCUT2D eigenvalue weighted by atomic mass is 17.1. The summed E-state index contributed by atoms with van der Waals surface area (Å²) < 4.78 is 0. The van der Waals surface area contributed by atoms with Crippen LogP contribution in [-0.4, -0.2) is 21.9 Å². The molecule has 0 aromatic carbocycles. The lowest BCUT2D eigenvalue weighted by Gasteiger charge is -2.23. The van der Waals surface area contributed by atoms with E-state index < -0.39 is 4.97 Å². The van der Waals surface area contributed by atoms with Crippen LogP contribution in [0.3, 0.4) is 0 Å². The number of unbranched alkanes of at least 4 members (excludes halogenated alkanes) is 9. The van der Waals surface area contributed by atoms with Crippen molar-refractivity contribution < 1.29 is 15.4 Å². The molecular weight excluding hydrogens is 206 g/mol. The molecule has 0 rings (SSSR count). The van der Waals surface area contributed by atoms with Crippen molar-refractivity contribution in [3.8, 4) is 0 Å². The van der Waals surface area contributed by atoms with E-state index in [1.54, 1.807) is 0 Å². The molecular formula is C12H27NO3. The Morgan fingerprint density at radius 2 is 1.12 bits per heavy atom. The molecule has 16 heavy (non-hydrogen) atoms. The van der Waals surface area contributed by atoms with Gasteiger partial charge < -0.3 is 5.21 Å². The van der Waals surface area contributed by atoms with Crippen LogP contribution in [0, 0.1) is 5.21 Å². The first-order valence-corrected chi connectivity index (χ1v) is 6.61. The first-order chi connectivity index (χ1) is 7.56. The Morgan fingerprint density at radius 3 is 1.50 bits per heavy atom. The van der Waals surface area contributed by atoms with Crippen molar-refractivity contribution >= 4 is 0 Å². The van der Waals surface area contributed by atoms with Crippen LogP contribution in [0.1, 0.15) is 71.1 Å². The average Bonchev–Trinajstić information content (AvgIpc) is 2.19. The fourth-order valence-electron chi connectivity index (χ4n) is 1.81. The Labute approximate surface area is 99.0 Å². The topological polar surface area (TPSA) is 63.5 Å². The maximum Gasteiger partial charge on any atom is 0.142 e. The quantitative estimate of drug-likeness (QED) is 0.322. The van der Waals surface area contributed by atoms with E-state index in [1.807, 2.05) is 0 Å². The third-order valence-corrected chi connectivity index (χ3v) is 2.80. The largest absolute Gasteiger partial charge is 0.564 e. The predicted octanol–water partition coefficient (Wildman–Crippen LogP) is 4.00. The van der Waals surface area contributed by atoms with E-state index in [2.05, 4.69) is 6.92 Å². The monoisotopic (exact) mass is 233 g/mol. The van der Waals surface area contributed by atoms with Crippen molar-refractivity contribution in [1.29, 1.82) is 0 Å². The Kier molecular flexibility index (Phi) is 9.92. The second-order valence-electron chi connectivity index (χ2n) is 4.57. The summed E-state index contributed by atoms with van der Waals surface area (Å²) in [7, 11) is 0. The van der Waals surface area contributed by atoms with Crippen LogP contribution in [-0.2, 0) is 0 Å². The van der Waals surface area contributed by atoms with E-state index in [9.17, 15) is 5.21 Å². The van der Waals surface area contributed by atoms with Gasteiger partial charge in [-0.05, 0) is 6.42 Å². The van der Waals surface area contributed by atoms with Gasteiger partial charge in [0.2, 0.25) is 0 Å². The third-order valence-electron chi connectivity index (χ3n) is 2.80. The molecule has 0 saturated heterocycles. The van der Waals surface area contributed by atoms with Gasteiger partial charge >= 0.3 is 0 Å². The lowest BCUT2D eigenvalue weighted by Crippen LogP contribution is -2.34. The molecule has 0 aliphatic heterocycles. The van der Waals surface area contributed by atoms with E-state index in [0.29, 0.717) is 6.42 Å². The SMILES string of the molecule is CCCCCCCCCCCC[N+]([O-])(O)O. The first kappa shape index (κ1) is 15.8. The lowest BCUT2D eigenvalue weighted by atomic mass is 10.1. The smallest absolute Gasteiger partial charge is 0.142 e. The second-order valence-corrected chi connectivity index (χ2v) is 4.57. The summed E-state index contributed by atoms with van der Waals surface area (Å²) in [5.41, 5.74) is 0. The fourth-order valence-corrected chi connectivity index (χ4v) is 1.81. The van der Waals surface area contributed by atoms with Gasteiger partial charge in [-0.3, -0.25) is 0 Å². The summed E-state index contributed by atoms with van der Waals surface area (Å²) in [6.45, 7) is 2.10. The standard InChI is InChI=1S/C12H27NO3/c1-2-3-4-5-6-7-8-9-10-11-12-13(14,15)16/h14-15H,2-12H2,1H3. The Bertz CT molecular complexity index is 146. The minimum Gasteiger partial charge on any atom is -0.564 e. The predicted molar refractivity (Wildman–Crippen MR) is 63.9 cm³/mol. The summed E-state index contributed by atoms with van der Waals surface area (Å²) in [5.74, 6) is 0. The van der Waals surface area contributed by atoms with Crippen molar-refractivity contribution in [2.45, 2.75) is 71.1 Å². The van der Waals surface area contributed by atoms with Gasteiger partial charge in [-0.2, -0.15) is 10.4 Å². The normalized spacial score (nSPS) is 12.0. The number of nitrogens with zero attached hydrogens (tertiary/aromatic N) is 1. The van der Waals surface area contributed by atoms with Gasteiger partial charge in [0.1, 0.15) is 6.54 Å². The fraction of sp³-hybridized carbons (Fsp3) is 1.00. The molecule has 0 aliphatic rings. The zero-order valence-electron chi connectivity index (χ0n) is 10.5. The summed E-state index contributed by atoms with van der Waals surface area (Å²) in [6.07, 6.45) is 11.7. The number of quaternary nitrogens is 1. The van der Waals surface area contributed by atoms with Crippen LogP contribution in [0.2, 0.25) is 0 Å². The lowest BCUT2D eigenvalue weighted by molar-refractivity contribution is -1.21. The first-order valence-electron chi connectivity index (χ1n) is 6.61. The molecule has 0 amide bonds. The molecule has 4 nitrogen and oxygen atoms in total. The van der Waals surface area contributed by atoms with Gasteiger partial charge in [-0.15, -0.1) is 0 Å². The molecule has 98 valence electrons. The second kappa shape index (κ2) is 10.0. The van der Waals surface area contributed by atoms with E-state index in [0.717, 1.165) is 12.8 Å². The number of rotatable bonds is 11. The Morgan fingerprint density at radius 1 is 0.750 bits per heavy atom. The van der Waals surface area contributed by atoms with Crippen LogP contribution in [0.4, 0.5) is 0 Å². The van der Waals surface area contributed by atoms with Gasteiger partial charge in [0.15, 0.2) is 0 Å². The summed E-state index contributed by atoms with van der Waals surface area (Å²) >= 11 is 0. The molecule has 0 aliphatic carbocycles. The van der Waals surface area contributed by atoms with Crippen molar-refractivity contribution in [3.63, 3.8) is 0 Å². The zero-order valence-corrected chi connectivity index (χ0v) is 10.5. The van der Waals surface area contributed by atoms with Crippen molar-refractivity contribution in [1.82, 2.24) is 0 Å². The molecule has 0 heterocycles. The van der Waals surface area contributed by atoms with Gasteiger partial charge in [0, 0.05) is 6.42 Å². The van der Waals surface area contributed by atoms with Crippen molar-refractivity contribution in [3.05, 3.63) is 5.21 Å². The molecule has 0 spiro atoms. The van der Waals surface area contributed by atoms with E-state index in [4.69, 9.17) is 10.4 Å². The van der Waals surface area contributed by atoms with Crippen LogP contribution >= 0.6 is 0 Å². The molecule has 0 fully saturated rings. The van der Waals surface area contributed by atoms with Gasteiger partial charge in [0.25, 0.3) is 0 Å². The highest BCUT2D eigenvalue weighted by molar-refractivity contribution is 4.47. The van der Waals surface area contributed by atoms with Crippen LogP contribution < -0.4 is 0 Å². The third kappa shape index (κ3) is 13.8. The summed E-state index contributed by atoms with van der Waals surface area (Å²) in [4.78, 5) is -2.13. The number of hydrogen-bond acceptors (Lipinski definition) is 3. The van der Waals surface area contributed by atoms with Gasteiger partial charge in [-0.25, -0.2) is 0 Å². The Hall–Kier alpha value is -0.160. The molecule has 0 bridgehead atoms. The Balaban J connectivity index is 2.99. The number of hydrogen-bond donors (Lipinski definition) is 2. The van der Waals surface area contributed by atoms with Crippen LogP contribution in [0.15, 0.2) is 0 Å². The average molecular weight is 233 g/mol. The van der Waals surface area contributed by atoms with E-state index in [-0.39, 0.29) is 6.54 Å². The highest BCUT2D eigenvalue weighted by Crippen LogP contribution is 2.11. The highest BCUT2D eigenvalue weighted by Gasteiger charge is 2.06. The maximum atomic E-state index is 10.4. The molecule has 0 aromatic heterocycles. The van der Waals surface area contributed by atoms with Crippen molar-refractivity contribution in [2.24, 2.45) is 0 Å². The molecule has 0 atom stereocenters. The molecule has 0 aromatic rings. The summed E-state index contributed by atoms with van der Waals surface area (Å²) in [6, 6.07) is 0. The summed E-state index contributed by atoms with van der Waals surface area (Å²) in [5, 5.41) is 27.3. The molecule has 0 unspecified atom stereocenters. The molecule has 2 N–H and O–H groups in total.